The van der Waals surface area contributed by atoms with Crippen LogP contribution in [0.1, 0.15) is 81.5 Å². The second-order valence-electron chi connectivity index (χ2n) is 16.5. The molecule has 0 spiro atoms. The summed E-state index contributed by atoms with van der Waals surface area (Å²) >= 11 is 0. The lowest BCUT2D eigenvalue weighted by Crippen LogP contribution is -2.59. The van der Waals surface area contributed by atoms with Gasteiger partial charge in [-0.05, 0) is 68.1 Å². The number of aromatic nitrogens is 2. The Kier molecular flexibility index (Phi) is 8.54. The first kappa shape index (κ1) is 37.5. The number of esters is 1. The van der Waals surface area contributed by atoms with Gasteiger partial charge in [-0.3, -0.25) is 33.7 Å². The highest BCUT2D eigenvalue weighted by atomic mass is 16.7. The number of fused-ring (bicyclic) bond motifs is 7. The van der Waals surface area contributed by atoms with Crippen molar-refractivity contribution < 1.29 is 48.1 Å². The quantitative estimate of drug-likeness (QED) is 0.131. The lowest BCUT2D eigenvalue weighted by atomic mass is 9.74. The van der Waals surface area contributed by atoms with Gasteiger partial charge in [-0.2, -0.15) is 0 Å². The maximum atomic E-state index is 14.1. The number of benzene rings is 1. The van der Waals surface area contributed by atoms with Crippen LogP contribution >= 0.6 is 0 Å². The molecule has 2 aromatic heterocycles. The minimum Gasteiger partial charge on any atom is -0.458 e. The van der Waals surface area contributed by atoms with E-state index in [0.717, 1.165) is 33.6 Å². The smallest absolute Gasteiger partial charge is 0.343 e. The van der Waals surface area contributed by atoms with Gasteiger partial charge in [0.25, 0.3) is 17.4 Å². The number of hydrogen-bond donors (Lipinski definition) is 4. The Labute approximate surface area is 331 Å². The molecule has 17 nitrogen and oxygen atoms in total. The van der Waals surface area contributed by atoms with Gasteiger partial charge in [0.15, 0.2) is 17.1 Å². The Balaban J connectivity index is 0.968. The number of carbonyl (C=O) groups excluding carboxylic acids is 6. The van der Waals surface area contributed by atoms with E-state index in [1.165, 1.54) is 0 Å². The Hall–Kier alpha value is -6.10. The minimum atomic E-state index is -1.97. The van der Waals surface area contributed by atoms with Crippen molar-refractivity contribution in [3.63, 3.8) is 0 Å². The highest BCUT2D eigenvalue weighted by Gasteiger charge is 2.58. The fourth-order valence-corrected chi connectivity index (χ4v) is 9.62. The molecule has 3 fully saturated rings. The average Bonchev–Trinajstić information content (AvgIpc) is 4.00. The molecule has 4 N–H and O–H groups in total. The Morgan fingerprint density at radius 2 is 1.64 bits per heavy atom. The zero-order valence-corrected chi connectivity index (χ0v) is 32.3. The fraction of sp³-hybridized carbons (Fsp3) is 0.463. The van der Waals surface area contributed by atoms with Crippen LogP contribution in [-0.4, -0.2) is 86.0 Å². The summed E-state index contributed by atoms with van der Waals surface area (Å²) in [7, 11) is 0. The molecule has 5 amide bonds. The van der Waals surface area contributed by atoms with E-state index in [9.17, 15) is 38.7 Å². The highest BCUT2D eigenvalue weighted by molar-refractivity contribution is 6.14. The van der Waals surface area contributed by atoms with Crippen LogP contribution in [0.25, 0.3) is 22.3 Å². The van der Waals surface area contributed by atoms with Gasteiger partial charge < -0.3 is 39.8 Å². The van der Waals surface area contributed by atoms with Crippen molar-refractivity contribution in [2.45, 2.75) is 95.7 Å². The lowest BCUT2D eigenvalue weighted by Gasteiger charge is -2.40. The molecule has 10 rings (SSSR count). The van der Waals surface area contributed by atoms with Gasteiger partial charge >= 0.3 is 5.97 Å². The summed E-state index contributed by atoms with van der Waals surface area (Å²) in [5, 5.41) is 20.8. The van der Waals surface area contributed by atoms with Gasteiger partial charge in [0.2, 0.25) is 24.5 Å². The van der Waals surface area contributed by atoms with Crippen LogP contribution in [0.2, 0.25) is 0 Å². The number of rotatable bonds is 10. The average molecular weight is 795 g/mol. The zero-order valence-electron chi connectivity index (χ0n) is 32.3. The molecule has 17 heteroatoms. The fourth-order valence-electron chi connectivity index (χ4n) is 9.62. The molecular weight excluding hydrogens is 752 g/mol. The van der Waals surface area contributed by atoms with Gasteiger partial charge in [0, 0.05) is 40.3 Å². The summed E-state index contributed by atoms with van der Waals surface area (Å²) < 4.78 is 18.4. The van der Waals surface area contributed by atoms with Gasteiger partial charge in [0.1, 0.15) is 25.2 Å². The van der Waals surface area contributed by atoms with Crippen LogP contribution in [0.5, 0.6) is 11.5 Å². The Morgan fingerprint density at radius 3 is 2.33 bits per heavy atom. The van der Waals surface area contributed by atoms with Gasteiger partial charge in [-0.1, -0.05) is 20.8 Å². The monoisotopic (exact) mass is 794 g/mol. The first-order valence-corrected chi connectivity index (χ1v) is 19.5. The lowest BCUT2D eigenvalue weighted by molar-refractivity contribution is -0.172. The summed E-state index contributed by atoms with van der Waals surface area (Å²) in [5.41, 5.74) is 1.08. The third-order valence-electron chi connectivity index (χ3n) is 12.7. The van der Waals surface area contributed by atoms with E-state index in [2.05, 4.69) is 16.0 Å². The van der Waals surface area contributed by atoms with Crippen molar-refractivity contribution in [3.8, 4) is 22.9 Å². The third kappa shape index (κ3) is 5.68. The predicted molar refractivity (Wildman–Crippen MR) is 202 cm³/mol. The number of carbonyl (C=O) groups is 6. The van der Waals surface area contributed by atoms with Crippen molar-refractivity contribution in [2.24, 2.45) is 11.8 Å². The molecule has 7 aliphatic rings. The normalized spacial score (nSPS) is 25.6. The first-order chi connectivity index (χ1) is 27.6. The van der Waals surface area contributed by atoms with Gasteiger partial charge in [-0.25, -0.2) is 9.78 Å². The van der Waals surface area contributed by atoms with Crippen molar-refractivity contribution in [3.05, 3.63) is 63.0 Å². The molecule has 302 valence electrons. The number of cyclic esters (lactones) is 1. The molecule has 4 atom stereocenters. The molecule has 1 aromatic carbocycles. The standard InChI is InChI=1S/C41H42N6O11/c1-5-41(55)25-9-27-35-23(14-46(27)38(53)24(25)16-56-39(41)54)33(21-8-28-29(58-17-57-28)10-26(21)43-35)22-13-40(11-20(22)12-40)45-36(51)19(4)42-37(52)34(18(2)3)44-30(48)15-47-31(49)6-7-32(47)50/h6-10,18-20,22,34,55H,5,11-17H2,1-4H3,(H,42,52)(H,44,48)(H,45,51)/t19-,20?,22-,34-,40?,41-/m0/s1. The van der Waals surface area contributed by atoms with Crippen LogP contribution in [0.4, 0.5) is 0 Å². The van der Waals surface area contributed by atoms with Crippen LogP contribution in [0.3, 0.4) is 0 Å². The van der Waals surface area contributed by atoms with E-state index in [1.54, 1.807) is 38.3 Å². The topological polar surface area (TPSA) is 225 Å². The van der Waals surface area contributed by atoms with Crippen LogP contribution in [0, 0.1) is 11.8 Å². The molecule has 0 unspecified atom stereocenters. The van der Waals surface area contributed by atoms with Gasteiger partial charge in [-0.15, -0.1) is 0 Å². The molecule has 58 heavy (non-hydrogen) atoms. The maximum Gasteiger partial charge on any atom is 0.343 e. The zero-order chi connectivity index (χ0) is 41.0. The van der Waals surface area contributed by atoms with E-state index in [4.69, 9.17) is 19.2 Å². The number of aliphatic hydroxyl groups is 1. The van der Waals surface area contributed by atoms with Crippen molar-refractivity contribution in [1.82, 2.24) is 30.4 Å². The second-order valence-corrected chi connectivity index (χ2v) is 16.5. The van der Waals surface area contributed by atoms with Crippen molar-refractivity contribution in [2.75, 3.05) is 13.3 Å². The number of nitrogens with zero attached hydrogens (tertiary/aromatic N) is 3. The van der Waals surface area contributed by atoms with E-state index in [-0.39, 0.29) is 60.8 Å². The number of hydrogen-bond acceptors (Lipinski definition) is 12. The molecule has 3 aliphatic carbocycles. The van der Waals surface area contributed by atoms with Gasteiger partial charge in [0.05, 0.1) is 29.0 Å². The summed E-state index contributed by atoms with van der Waals surface area (Å²) in [4.78, 5) is 96.4. The molecular formula is C41H42N6O11. The maximum absolute atomic E-state index is 14.1. The van der Waals surface area contributed by atoms with E-state index in [0.29, 0.717) is 47.7 Å². The molecule has 2 bridgehead atoms. The molecule has 6 heterocycles. The van der Waals surface area contributed by atoms with Crippen LogP contribution < -0.4 is 31.0 Å². The number of amides is 5. The highest BCUT2D eigenvalue weighted by Crippen LogP contribution is 2.62. The predicted octanol–water partition coefficient (Wildman–Crippen LogP) is 1.13. The Bertz CT molecular complexity index is 2470. The van der Waals surface area contributed by atoms with Crippen LogP contribution in [0.15, 0.2) is 35.1 Å². The molecule has 0 radical (unpaired) electrons. The first-order valence-electron chi connectivity index (χ1n) is 19.5. The second kappa shape index (κ2) is 13.2. The SMILES string of the molecule is CC[C@@]1(O)C(=O)OCc2c1cc1n(c2=O)Cc2c-1nc1cc3c(cc1c2[C@H]1CC2(NC(=O)[C@H](C)NC(=O)[C@@H](NC(=O)CN4C(=O)C=CC4=O)C(C)C)CC1C2)OCO3. The van der Waals surface area contributed by atoms with Crippen LogP contribution in [-0.2, 0) is 52.3 Å². The number of imide groups is 1. The van der Waals surface area contributed by atoms with E-state index < -0.39 is 65.3 Å². The third-order valence-corrected chi connectivity index (χ3v) is 12.7. The molecule has 3 aromatic rings. The van der Waals surface area contributed by atoms with Crippen molar-refractivity contribution >= 4 is 46.4 Å². The molecule has 3 saturated carbocycles. The van der Waals surface area contributed by atoms with E-state index >= 15 is 0 Å². The summed E-state index contributed by atoms with van der Waals surface area (Å²) in [6.45, 7) is 6.18. The number of pyridine rings is 2. The molecule has 4 aliphatic heterocycles. The summed E-state index contributed by atoms with van der Waals surface area (Å²) in [5.74, 6) is -2.82. The number of nitrogens with one attached hydrogen (secondary N) is 3. The molecule has 0 saturated heterocycles. The number of ether oxygens (including phenoxy) is 3. The minimum absolute atomic E-state index is 0.0203. The van der Waals surface area contributed by atoms with Crippen molar-refractivity contribution in [1.29, 1.82) is 0 Å². The van der Waals surface area contributed by atoms with E-state index in [1.807, 2.05) is 12.1 Å². The summed E-state index contributed by atoms with van der Waals surface area (Å²) in [6, 6.07) is 3.43. The largest absolute Gasteiger partial charge is 0.458 e. The summed E-state index contributed by atoms with van der Waals surface area (Å²) in [6.07, 6.45) is 4.12. The Morgan fingerprint density at radius 1 is 0.931 bits per heavy atom.